The van der Waals surface area contributed by atoms with Gasteiger partial charge < -0.3 is 15.4 Å². The normalized spacial score (nSPS) is 13.5. The van der Waals surface area contributed by atoms with Crippen molar-refractivity contribution >= 4 is 17.2 Å². The van der Waals surface area contributed by atoms with E-state index in [2.05, 4.69) is 40.6 Å². The highest BCUT2D eigenvalue weighted by molar-refractivity contribution is 6.03. The van der Waals surface area contributed by atoms with Gasteiger partial charge in [0.05, 0.1) is 30.9 Å². The van der Waals surface area contributed by atoms with Gasteiger partial charge in [0.15, 0.2) is 0 Å². The third-order valence-corrected chi connectivity index (χ3v) is 5.75. The summed E-state index contributed by atoms with van der Waals surface area (Å²) in [5, 5.41) is 10.8. The number of nitrogens with zero attached hydrogens (tertiary/aromatic N) is 4. The second kappa shape index (κ2) is 8.27. The second-order valence-electron chi connectivity index (χ2n) is 8.84. The first-order valence-corrected chi connectivity index (χ1v) is 11.2. The number of carbonyl (C=O) groups is 1. The maximum Gasteiger partial charge on any atom is 0.257 e. The largest absolute Gasteiger partial charge is 0.496 e. The Hall–Kier alpha value is -3.81. The number of anilines is 1. The lowest BCUT2D eigenvalue weighted by Gasteiger charge is -2.19. The average Bonchev–Trinajstić information content (AvgIpc) is 3.32. The molecule has 1 saturated carbocycles. The number of nitrogens with one attached hydrogen (secondary N) is 2. The lowest BCUT2D eigenvalue weighted by Crippen LogP contribution is -2.27. The number of aryl methyl sites for hydroxylation is 1. The van der Waals surface area contributed by atoms with Crippen LogP contribution in [0.1, 0.15) is 37.0 Å². The Morgan fingerprint density at radius 3 is 2.64 bits per heavy atom. The first kappa shape index (κ1) is 21.1. The molecule has 1 aliphatic rings. The Labute approximate surface area is 192 Å². The monoisotopic (exact) mass is 444 g/mol. The van der Waals surface area contributed by atoms with E-state index in [-0.39, 0.29) is 18.0 Å². The molecule has 0 aliphatic heterocycles. The number of hydrogen-bond acceptors (Lipinski definition) is 5. The second-order valence-corrected chi connectivity index (χ2v) is 8.84. The van der Waals surface area contributed by atoms with Crippen LogP contribution in [0.5, 0.6) is 5.75 Å². The third-order valence-electron chi connectivity index (χ3n) is 5.75. The number of ether oxygens (including phenoxy) is 1. The van der Waals surface area contributed by atoms with Crippen molar-refractivity contribution in [2.75, 3.05) is 12.4 Å². The summed E-state index contributed by atoms with van der Waals surface area (Å²) in [6, 6.07) is 8.43. The predicted molar refractivity (Wildman–Crippen MR) is 129 cm³/mol. The molecule has 4 aromatic rings. The van der Waals surface area contributed by atoms with Crippen LogP contribution in [0, 0.1) is 0 Å². The number of rotatable bonds is 7. The molecule has 0 atom stereocenters. The first-order chi connectivity index (χ1) is 15.9. The number of pyridine rings is 1. The molecule has 33 heavy (non-hydrogen) atoms. The van der Waals surface area contributed by atoms with Crippen molar-refractivity contribution in [2.24, 2.45) is 7.05 Å². The van der Waals surface area contributed by atoms with Gasteiger partial charge in [0.2, 0.25) is 0 Å². The number of methoxy groups -OCH3 is 1. The summed E-state index contributed by atoms with van der Waals surface area (Å²) < 4.78 is 9.51. The number of amides is 1. The fraction of sp³-hybridized carbons (Fsp3) is 0.320. The Morgan fingerprint density at radius 1 is 1.15 bits per heavy atom. The Morgan fingerprint density at radius 2 is 1.97 bits per heavy atom. The minimum Gasteiger partial charge on any atom is -0.496 e. The van der Waals surface area contributed by atoms with E-state index in [0.29, 0.717) is 11.3 Å². The van der Waals surface area contributed by atoms with Gasteiger partial charge in [-0.05, 0) is 56.5 Å². The van der Waals surface area contributed by atoms with Gasteiger partial charge in [0.25, 0.3) is 5.91 Å². The average molecular weight is 445 g/mol. The summed E-state index contributed by atoms with van der Waals surface area (Å²) in [5.41, 5.74) is 6.05. The third kappa shape index (κ3) is 4.16. The molecule has 1 aromatic carbocycles. The zero-order valence-electron chi connectivity index (χ0n) is 19.3. The van der Waals surface area contributed by atoms with Crippen molar-refractivity contribution in [1.29, 1.82) is 0 Å². The molecule has 1 aliphatic carbocycles. The van der Waals surface area contributed by atoms with E-state index in [4.69, 9.17) is 4.74 Å². The molecule has 2 N–H and O–H groups in total. The molecular weight excluding hydrogens is 416 g/mol. The molecule has 0 unspecified atom stereocenters. The van der Waals surface area contributed by atoms with Gasteiger partial charge >= 0.3 is 0 Å². The molecule has 3 aromatic heterocycles. The highest BCUT2D eigenvalue weighted by Crippen LogP contribution is 2.35. The quantitative estimate of drug-likeness (QED) is 0.448. The number of aromatic nitrogens is 4. The van der Waals surface area contributed by atoms with Gasteiger partial charge in [-0.25, -0.2) is 4.98 Å². The van der Waals surface area contributed by atoms with E-state index < -0.39 is 0 Å². The van der Waals surface area contributed by atoms with Crippen LogP contribution in [0.4, 0.5) is 5.69 Å². The van der Waals surface area contributed by atoms with E-state index in [1.165, 1.54) is 0 Å². The smallest absolute Gasteiger partial charge is 0.257 e. The summed E-state index contributed by atoms with van der Waals surface area (Å²) in [6.07, 6.45) is 9.74. The maximum atomic E-state index is 13.0. The molecule has 1 fully saturated rings. The van der Waals surface area contributed by atoms with Crippen LogP contribution in [0.25, 0.3) is 28.0 Å². The molecular formula is C25H28N6O2. The van der Waals surface area contributed by atoms with Crippen LogP contribution >= 0.6 is 0 Å². The van der Waals surface area contributed by atoms with Gasteiger partial charge in [0.1, 0.15) is 17.0 Å². The minimum absolute atomic E-state index is 0.108. The topological polar surface area (TPSA) is 85.5 Å². The Balaban J connectivity index is 1.58. The molecule has 5 rings (SSSR count). The lowest BCUT2D eigenvalue weighted by molar-refractivity contribution is 0.0949. The molecule has 3 heterocycles. The van der Waals surface area contributed by atoms with Crippen molar-refractivity contribution in [3.63, 3.8) is 0 Å². The highest BCUT2D eigenvalue weighted by Gasteiger charge is 2.27. The summed E-state index contributed by atoms with van der Waals surface area (Å²) in [4.78, 5) is 17.6. The Kier molecular flexibility index (Phi) is 5.28. The number of carbonyl (C=O) groups excluding carboxylic acids is 1. The van der Waals surface area contributed by atoms with Gasteiger partial charge in [0, 0.05) is 42.7 Å². The standard InChI is InChI=1S/C25H28N6O2/c1-15(2)28-20-9-17(10-22(33-4)24(20)25(32)29-19-5-6-19)21-13-26-23-11-16(7-8-31(21)23)18-12-27-30(3)14-18/h7-15,19,28H,5-6H2,1-4H3,(H,29,32). The number of benzene rings is 1. The van der Waals surface area contributed by atoms with Crippen LogP contribution in [0.3, 0.4) is 0 Å². The van der Waals surface area contributed by atoms with Crippen molar-refractivity contribution in [2.45, 2.75) is 38.8 Å². The van der Waals surface area contributed by atoms with Crippen LogP contribution in [-0.4, -0.2) is 44.3 Å². The predicted octanol–water partition coefficient (Wildman–Crippen LogP) is 4.12. The van der Waals surface area contributed by atoms with E-state index >= 15 is 0 Å². The van der Waals surface area contributed by atoms with Gasteiger partial charge in [-0.2, -0.15) is 5.10 Å². The summed E-state index contributed by atoms with van der Waals surface area (Å²) >= 11 is 0. The zero-order valence-corrected chi connectivity index (χ0v) is 19.3. The molecule has 0 spiro atoms. The lowest BCUT2D eigenvalue weighted by atomic mass is 10.0. The molecule has 8 heteroatoms. The van der Waals surface area contributed by atoms with E-state index in [1.54, 1.807) is 11.8 Å². The van der Waals surface area contributed by atoms with Crippen LogP contribution in [0.2, 0.25) is 0 Å². The minimum atomic E-state index is -0.108. The zero-order chi connectivity index (χ0) is 23.1. The van der Waals surface area contributed by atoms with Crippen molar-refractivity contribution in [3.05, 3.63) is 54.6 Å². The highest BCUT2D eigenvalue weighted by atomic mass is 16.5. The van der Waals surface area contributed by atoms with Crippen LogP contribution < -0.4 is 15.4 Å². The molecule has 1 amide bonds. The van der Waals surface area contributed by atoms with Crippen molar-refractivity contribution in [1.82, 2.24) is 24.5 Å². The Bertz CT molecular complexity index is 1330. The summed E-state index contributed by atoms with van der Waals surface area (Å²) in [6.45, 7) is 4.10. The van der Waals surface area contributed by atoms with Crippen LogP contribution in [0.15, 0.2) is 49.1 Å². The maximum absolute atomic E-state index is 13.0. The SMILES string of the molecule is COc1cc(-c2cnc3cc(-c4cnn(C)c4)ccn23)cc(NC(C)C)c1C(=O)NC1CC1. The number of imidazole rings is 1. The van der Waals surface area contributed by atoms with Gasteiger partial charge in [-0.1, -0.05) is 0 Å². The summed E-state index contributed by atoms with van der Waals surface area (Å²) in [7, 11) is 3.50. The van der Waals surface area contributed by atoms with Crippen LogP contribution in [-0.2, 0) is 7.05 Å². The molecule has 0 radical (unpaired) electrons. The van der Waals surface area contributed by atoms with E-state index in [1.807, 2.05) is 54.4 Å². The molecule has 0 saturated heterocycles. The number of fused-ring (bicyclic) bond motifs is 1. The van der Waals surface area contributed by atoms with Crippen molar-refractivity contribution < 1.29 is 9.53 Å². The molecule has 170 valence electrons. The van der Waals surface area contributed by atoms with Gasteiger partial charge in [-0.15, -0.1) is 0 Å². The molecule has 8 nitrogen and oxygen atoms in total. The van der Waals surface area contributed by atoms with Crippen molar-refractivity contribution in [3.8, 4) is 28.1 Å². The van der Waals surface area contributed by atoms with E-state index in [0.717, 1.165) is 46.6 Å². The van der Waals surface area contributed by atoms with Gasteiger partial charge in [-0.3, -0.25) is 13.9 Å². The number of hydrogen-bond donors (Lipinski definition) is 2. The summed E-state index contributed by atoms with van der Waals surface area (Å²) in [5.74, 6) is 0.430. The van der Waals surface area contributed by atoms with E-state index in [9.17, 15) is 4.79 Å². The fourth-order valence-corrected chi connectivity index (χ4v) is 4.01. The molecule has 0 bridgehead atoms. The fourth-order valence-electron chi connectivity index (χ4n) is 4.01. The first-order valence-electron chi connectivity index (χ1n) is 11.2.